The van der Waals surface area contributed by atoms with E-state index in [1.807, 2.05) is 26.0 Å². The van der Waals surface area contributed by atoms with Gasteiger partial charge in [-0.15, -0.1) is 0 Å². The first-order valence-corrected chi connectivity index (χ1v) is 16.8. The Morgan fingerprint density at radius 2 is 1.68 bits per heavy atom. The molecule has 1 heterocycles. The smallest absolute Gasteiger partial charge is 0.237 e. The molecule has 1 aromatic carbocycles. The summed E-state index contributed by atoms with van der Waals surface area (Å²) < 4.78 is 50.2. The van der Waals surface area contributed by atoms with Crippen LogP contribution >= 0.6 is 0 Å². The average Bonchev–Trinajstić information content (AvgIpc) is 3.00. The van der Waals surface area contributed by atoms with E-state index in [0.717, 1.165) is 37.9 Å². The first kappa shape index (κ1) is 31.7. The number of hydrogen-bond acceptors (Lipinski definition) is 7. The minimum Gasteiger partial charge on any atom is -0.342 e. The summed E-state index contributed by atoms with van der Waals surface area (Å²) in [5, 5.41) is 0. The third kappa shape index (κ3) is 9.94. The molecular formula is C26H46N4O5S2. The first-order valence-electron chi connectivity index (χ1n) is 13.3. The Labute approximate surface area is 224 Å². The molecule has 1 aliphatic rings. The SMILES string of the molecule is CCN(CCCCN1CCCN(S(=O)(=O)CC(N)C(C)C)CC1=O)C(C)Cc1ccc(S(C)(=O)=O)cc1. The molecule has 0 spiro atoms. The lowest BCUT2D eigenvalue weighted by Gasteiger charge is -2.28. The number of amides is 1. The van der Waals surface area contributed by atoms with Crippen LogP contribution in [0.3, 0.4) is 0 Å². The Morgan fingerprint density at radius 3 is 2.24 bits per heavy atom. The average molecular weight is 559 g/mol. The molecule has 11 heteroatoms. The maximum absolute atomic E-state index is 12.8. The lowest BCUT2D eigenvalue weighted by molar-refractivity contribution is -0.130. The fourth-order valence-electron chi connectivity index (χ4n) is 4.56. The number of likely N-dealkylation sites (N-methyl/N-ethyl adjacent to an activating group) is 1. The maximum atomic E-state index is 12.8. The highest BCUT2D eigenvalue weighted by Crippen LogP contribution is 2.16. The molecule has 0 bridgehead atoms. The van der Waals surface area contributed by atoms with Crippen molar-refractivity contribution in [2.24, 2.45) is 11.7 Å². The van der Waals surface area contributed by atoms with Crippen molar-refractivity contribution in [3.8, 4) is 0 Å². The van der Waals surface area contributed by atoms with E-state index in [1.165, 1.54) is 10.6 Å². The third-order valence-electron chi connectivity index (χ3n) is 7.19. The Morgan fingerprint density at radius 1 is 1.03 bits per heavy atom. The standard InChI is InChI=1S/C26H46N4O5S2/c1-6-28(22(4)18-23-10-12-24(13-11-23)36(5,32)33)14-7-8-15-29-16-9-17-30(19-26(29)31)37(34,35)20-25(27)21(2)3/h10-13,21-22,25H,6-9,14-20,27H2,1-5H3. The number of hydrogen-bond donors (Lipinski definition) is 1. The number of unbranched alkanes of at least 4 members (excludes halogenated alkanes) is 1. The molecule has 0 aliphatic carbocycles. The van der Waals surface area contributed by atoms with Crippen LogP contribution in [-0.4, -0.2) is 100 Å². The highest BCUT2D eigenvalue weighted by atomic mass is 32.2. The van der Waals surface area contributed by atoms with Gasteiger partial charge in [0.1, 0.15) is 0 Å². The van der Waals surface area contributed by atoms with Crippen molar-refractivity contribution in [2.75, 3.05) is 51.3 Å². The van der Waals surface area contributed by atoms with Gasteiger partial charge in [-0.05, 0) is 69.3 Å². The monoisotopic (exact) mass is 558 g/mol. The molecule has 0 aromatic heterocycles. The second-order valence-corrected chi connectivity index (χ2v) is 14.6. The van der Waals surface area contributed by atoms with E-state index in [9.17, 15) is 21.6 Å². The fraction of sp³-hybridized carbons (Fsp3) is 0.731. The normalized spacial score (nSPS) is 17.8. The molecule has 2 atom stereocenters. The largest absolute Gasteiger partial charge is 0.342 e. The first-order chi connectivity index (χ1) is 17.2. The lowest BCUT2D eigenvalue weighted by atomic mass is 10.1. The minimum absolute atomic E-state index is 0.0554. The summed E-state index contributed by atoms with van der Waals surface area (Å²) >= 11 is 0. The number of benzene rings is 1. The summed E-state index contributed by atoms with van der Waals surface area (Å²) in [6.07, 6.45) is 4.44. The van der Waals surface area contributed by atoms with Crippen molar-refractivity contribution in [2.45, 2.75) is 70.4 Å². The Balaban J connectivity index is 1.82. The third-order valence-corrected chi connectivity index (χ3v) is 10.2. The van der Waals surface area contributed by atoms with Gasteiger partial charge in [0, 0.05) is 38.0 Å². The zero-order valence-corrected chi connectivity index (χ0v) is 24.7. The zero-order valence-electron chi connectivity index (χ0n) is 23.1. The molecule has 0 radical (unpaired) electrons. The van der Waals surface area contributed by atoms with Crippen LogP contribution in [0.5, 0.6) is 0 Å². The summed E-state index contributed by atoms with van der Waals surface area (Å²) in [6, 6.07) is 6.94. The van der Waals surface area contributed by atoms with Gasteiger partial charge in [0.05, 0.1) is 17.2 Å². The highest BCUT2D eigenvalue weighted by molar-refractivity contribution is 7.90. The maximum Gasteiger partial charge on any atom is 0.237 e. The summed E-state index contributed by atoms with van der Waals surface area (Å²) in [5.41, 5.74) is 7.09. The summed E-state index contributed by atoms with van der Waals surface area (Å²) in [6.45, 7) is 11.3. The van der Waals surface area contributed by atoms with E-state index in [4.69, 9.17) is 5.73 Å². The van der Waals surface area contributed by atoms with Crippen molar-refractivity contribution < 1.29 is 21.6 Å². The predicted molar refractivity (Wildman–Crippen MR) is 149 cm³/mol. The van der Waals surface area contributed by atoms with Crippen molar-refractivity contribution in [1.29, 1.82) is 0 Å². The van der Waals surface area contributed by atoms with Gasteiger partial charge in [0.2, 0.25) is 15.9 Å². The van der Waals surface area contributed by atoms with E-state index in [1.54, 1.807) is 17.0 Å². The molecule has 1 aromatic rings. The molecule has 0 saturated carbocycles. The van der Waals surface area contributed by atoms with Crippen LogP contribution in [0, 0.1) is 5.92 Å². The zero-order chi connectivity index (χ0) is 27.8. The van der Waals surface area contributed by atoms with E-state index >= 15 is 0 Å². The molecule has 2 N–H and O–H groups in total. The van der Waals surface area contributed by atoms with Crippen molar-refractivity contribution in [3.05, 3.63) is 29.8 Å². The molecule has 1 amide bonds. The fourth-order valence-corrected chi connectivity index (χ4v) is 6.99. The predicted octanol–water partition coefficient (Wildman–Crippen LogP) is 1.97. The Bertz CT molecular complexity index is 1070. The molecule has 212 valence electrons. The van der Waals surface area contributed by atoms with Crippen molar-refractivity contribution in [1.82, 2.24) is 14.1 Å². The molecule has 37 heavy (non-hydrogen) atoms. The van der Waals surface area contributed by atoms with Gasteiger partial charge >= 0.3 is 0 Å². The van der Waals surface area contributed by atoms with Gasteiger partial charge in [-0.3, -0.25) is 4.79 Å². The molecule has 1 fully saturated rings. The van der Waals surface area contributed by atoms with Crippen LogP contribution in [0.2, 0.25) is 0 Å². The van der Waals surface area contributed by atoms with Crippen molar-refractivity contribution in [3.63, 3.8) is 0 Å². The molecular weight excluding hydrogens is 512 g/mol. The van der Waals surface area contributed by atoms with E-state index in [-0.39, 0.29) is 24.1 Å². The van der Waals surface area contributed by atoms with E-state index in [2.05, 4.69) is 18.7 Å². The van der Waals surface area contributed by atoms with Gasteiger partial charge in [-0.2, -0.15) is 4.31 Å². The Kier molecular flexibility index (Phi) is 12.0. The van der Waals surface area contributed by atoms with Crippen LogP contribution in [0.1, 0.15) is 52.5 Å². The van der Waals surface area contributed by atoms with Crippen molar-refractivity contribution >= 4 is 25.8 Å². The van der Waals surface area contributed by atoms with E-state index < -0.39 is 25.9 Å². The molecule has 1 aliphatic heterocycles. The van der Waals surface area contributed by atoms with Crippen LogP contribution in [-0.2, 0) is 31.1 Å². The second-order valence-electron chi connectivity index (χ2n) is 10.6. The van der Waals surface area contributed by atoms with Crippen LogP contribution in [0.15, 0.2) is 29.2 Å². The Hall–Kier alpha value is -1.53. The summed E-state index contributed by atoms with van der Waals surface area (Å²) in [7, 11) is -6.76. The number of sulfonamides is 1. The highest BCUT2D eigenvalue weighted by Gasteiger charge is 2.31. The number of rotatable bonds is 14. The molecule has 1 saturated heterocycles. The quantitative estimate of drug-likeness (QED) is 0.347. The number of nitrogens with zero attached hydrogens (tertiary/aromatic N) is 3. The summed E-state index contributed by atoms with van der Waals surface area (Å²) in [4.78, 5) is 17.3. The summed E-state index contributed by atoms with van der Waals surface area (Å²) in [5.74, 6) is -0.220. The topological polar surface area (TPSA) is 121 Å². The molecule has 2 rings (SSSR count). The number of sulfone groups is 1. The van der Waals surface area contributed by atoms with Crippen LogP contribution < -0.4 is 5.73 Å². The second kappa shape index (κ2) is 14.0. The number of carbonyl (C=O) groups is 1. The molecule has 9 nitrogen and oxygen atoms in total. The van der Waals surface area contributed by atoms with Crippen LogP contribution in [0.4, 0.5) is 0 Å². The molecule has 2 unspecified atom stereocenters. The van der Waals surface area contributed by atoms with Crippen LogP contribution in [0.25, 0.3) is 0 Å². The number of nitrogens with two attached hydrogens (primary N) is 1. The lowest BCUT2D eigenvalue weighted by Crippen LogP contribution is -2.45. The number of carbonyl (C=O) groups excluding carboxylic acids is 1. The minimum atomic E-state index is -3.57. The van der Waals surface area contributed by atoms with Gasteiger partial charge in [-0.1, -0.05) is 32.9 Å². The van der Waals surface area contributed by atoms with Gasteiger partial charge in [0.15, 0.2) is 9.84 Å². The van der Waals surface area contributed by atoms with Gasteiger partial charge < -0.3 is 15.5 Å². The van der Waals surface area contributed by atoms with Gasteiger partial charge in [-0.25, -0.2) is 16.8 Å². The van der Waals surface area contributed by atoms with E-state index in [0.29, 0.717) is 37.0 Å². The van der Waals surface area contributed by atoms with Gasteiger partial charge in [0.25, 0.3) is 0 Å².